The van der Waals surface area contributed by atoms with Gasteiger partial charge in [-0.3, -0.25) is 14.4 Å². The number of rotatable bonds is 4. The number of hydrogen-bond acceptors (Lipinski definition) is 6. The fourth-order valence-corrected chi connectivity index (χ4v) is 3.70. The second kappa shape index (κ2) is 6.53. The summed E-state index contributed by atoms with van der Waals surface area (Å²) in [7, 11) is 1.91. The zero-order chi connectivity index (χ0) is 15.5. The van der Waals surface area contributed by atoms with Crippen molar-refractivity contribution in [2.75, 3.05) is 29.9 Å². The van der Waals surface area contributed by atoms with E-state index in [2.05, 4.69) is 20.5 Å². The minimum absolute atomic E-state index is 0.0749. The highest BCUT2D eigenvalue weighted by Gasteiger charge is 2.27. The predicted molar refractivity (Wildman–Crippen MR) is 84.7 cm³/mol. The van der Waals surface area contributed by atoms with Gasteiger partial charge in [0.15, 0.2) is 5.82 Å². The van der Waals surface area contributed by atoms with E-state index in [1.165, 1.54) is 0 Å². The number of nitrogens with zero attached hydrogens (tertiary/aromatic N) is 4. The fraction of sp³-hybridized carbons (Fsp3) is 0.500. The number of amides is 1. The standard InChI is InChI=1S/C14H19N5O2S/c1-10-5-13(17-21-10)16-14(20)8-19-3-4-22-9-12(19)11-6-15-18(2)7-11/h5-7,12H,3-4,8-9H2,1-2H3,(H,16,17,20)/t12-/m1/s1. The molecule has 0 unspecified atom stereocenters. The van der Waals surface area contributed by atoms with Crippen molar-refractivity contribution in [3.05, 3.63) is 29.8 Å². The van der Waals surface area contributed by atoms with Crippen LogP contribution in [0.3, 0.4) is 0 Å². The normalized spacial score (nSPS) is 19.3. The average molecular weight is 321 g/mol. The number of carbonyl (C=O) groups excluding carboxylic acids is 1. The van der Waals surface area contributed by atoms with Gasteiger partial charge >= 0.3 is 0 Å². The molecule has 0 bridgehead atoms. The fourth-order valence-electron chi connectivity index (χ4n) is 2.54. The summed E-state index contributed by atoms with van der Waals surface area (Å²) < 4.78 is 6.75. The van der Waals surface area contributed by atoms with Crippen LogP contribution in [-0.2, 0) is 11.8 Å². The van der Waals surface area contributed by atoms with E-state index in [4.69, 9.17) is 4.52 Å². The predicted octanol–water partition coefficient (Wildman–Crippen LogP) is 1.45. The van der Waals surface area contributed by atoms with Crippen molar-refractivity contribution < 1.29 is 9.32 Å². The van der Waals surface area contributed by atoms with Gasteiger partial charge in [0.2, 0.25) is 5.91 Å². The first kappa shape index (κ1) is 15.1. The Morgan fingerprint density at radius 1 is 1.59 bits per heavy atom. The Hall–Kier alpha value is -1.80. The van der Waals surface area contributed by atoms with Crippen LogP contribution in [0.5, 0.6) is 0 Å². The van der Waals surface area contributed by atoms with Crippen molar-refractivity contribution in [3.63, 3.8) is 0 Å². The molecule has 22 heavy (non-hydrogen) atoms. The van der Waals surface area contributed by atoms with Gasteiger partial charge in [-0.05, 0) is 6.92 Å². The third-order valence-corrected chi connectivity index (χ3v) is 4.61. The molecule has 1 aliphatic heterocycles. The quantitative estimate of drug-likeness (QED) is 0.918. The SMILES string of the molecule is Cc1cc(NC(=O)CN2CCSC[C@@H]2c2cnn(C)c2)no1. The number of aryl methyl sites for hydroxylation is 2. The first-order valence-corrected chi connectivity index (χ1v) is 8.31. The van der Waals surface area contributed by atoms with Gasteiger partial charge in [0.25, 0.3) is 0 Å². The van der Waals surface area contributed by atoms with E-state index in [0.717, 1.165) is 23.6 Å². The highest BCUT2D eigenvalue weighted by Crippen LogP contribution is 2.28. The smallest absolute Gasteiger partial charge is 0.239 e. The van der Waals surface area contributed by atoms with Crippen LogP contribution in [0.4, 0.5) is 5.82 Å². The maximum atomic E-state index is 12.2. The summed E-state index contributed by atoms with van der Waals surface area (Å²) in [6, 6.07) is 1.93. The lowest BCUT2D eigenvalue weighted by atomic mass is 10.1. The molecule has 2 aromatic rings. The second-order valence-corrected chi connectivity index (χ2v) is 6.53. The summed E-state index contributed by atoms with van der Waals surface area (Å²) in [6.07, 6.45) is 3.89. The molecule has 1 atom stereocenters. The van der Waals surface area contributed by atoms with Crippen LogP contribution in [0, 0.1) is 6.92 Å². The van der Waals surface area contributed by atoms with E-state index in [1.807, 2.05) is 31.2 Å². The van der Waals surface area contributed by atoms with E-state index in [9.17, 15) is 4.79 Å². The van der Waals surface area contributed by atoms with Crippen molar-refractivity contribution >= 4 is 23.5 Å². The summed E-state index contributed by atoms with van der Waals surface area (Å²) in [5.74, 6) is 3.08. The molecule has 3 rings (SSSR count). The van der Waals surface area contributed by atoms with Crippen molar-refractivity contribution in [2.45, 2.75) is 13.0 Å². The largest absolute Gasteiger partial charge is 0.360 e. The Bertz CT molecular complexity index is 653. The van der Waals surface area contributed by atoms with Gasteiger partial charge in [0.05, 0.1) is 12.7 Å². The maximum absolute atomic E-state index is 12.2. The minimum atomic E-state index is -0.0749. The molecule has 0 saturated carbocycles. The molecule has 0 radical (unpaired) electrons. The monoisotopic (exact) mass is 321 g/mol. The first-order valence-electron chi connectivity index (χ1n) is 7.15. The molecule has 1 saturated heterocycles. The van der Waals surface area contributed by atoms with Crippen LogP contribution in [0.2, 0.25) is 0 Å². The average Bonchev–Trinajstić information content (AvgIpc) is 3.08. The van der Waals surface area contributed by atoms with Gasteiger partial charge in [0.1, 0.15) is 5.76 Å². The molecule has 8 heteroatoms. The molecule has 1 fully saturated rings. The van der Waals surface area contributed by atoms with Crippen molar-refractivity contribution in [3.8, 4) is 0 Å². The third kappa shape index (κ3) is 3.50. The topological polar surface area (TPSA) is 76.2 Å². The molecule has 0 aromatic carbocycles. The van der Waals surface area contributed by atoms with Crippen LogP contribution in [0.1, 0.15) is 17.4 Å². The Kier molecular flexibility index (Phi) is 4.49. The van der Waals surface area contributed by atoms with Crippen LogP contribution in [0.15, 0.2) is 23.0 Å². The number of aromatic nitrogens is 3. The molecule has 2 aromatic heterocycles. The first-order chi connectivity index (χ1) is 10.6. The maximum Gasteiger partial charge on any atom is 0.239 e. The Balaban J connectivity index is 1.64. The molecule has 0 aliphatic carbocycles. The minimum Gasteiger partial charge on any atom is -0.360 e. The molecule has 1 N–H and O–H groups in total. The summed E-state index contributed by atoms with van der Waals surface area (Å²) in [6.45, 7) is 3.02. The molecular formula is C14H19N5O2S. The van der Waals surface area contributed by atoms with Crippen LogP contribution < -0.4 is 5.32 Å². The summed E-state index contributed by atoms with van der Waals surface area (Å²) in [5, 5.41) is 10.8. The lowest BCUT2D eigenvalue weighted by Gasteiger charge is -2.34. The Labute approximate surface area is 133 Å². The number of hydrogen-bond donors (Lipinski definition) is 1. The van der Waals surface area contributed by atoms with Gasteiger partial charge in [-0.1, -0.05) is 5.16 Å². The third-order valence-electron chi connectivity index (χ3n) is 3.59. The summed E-state index contributed by atoms with van der Waals surface area (Å²) in [5.41, 5.74) is 1.15. The molecule has 3 heterocycles. The van der Waals surface area contributed by atoms with Gasteiger partial charge in [-0.2, -0.15) is 16.9 Å². The summed E-state index contributed by atoms with van der Waals surface area (Å²) in [4.78, 5) is 14.4. The van der Waals surface area contributed by atoms with Crippen molar-refractivity contribution in [1.82, 2.24) is 19.8 Å². The molecule has 1 aliphatic rings. The molecule has 7 nitrogen and oxygen atoms in total. The number of carbonyl (C=O) groups is 1. The number of nitrogens with one attached hydrogen (secondary N) is 1. The van der Waals surface area contributed by atoms with Gasteiger partial charge in [0, 0.05) is 49.0 Å². The van der Waals surface area contributed by atoms with Crippen LogP contribution in [0.25, 0.3) is 0 Å². The highest BCUT2D eigenvalue weighted by atomic mass is 32.2. The van der Waals surface area contributed by atoms with E-state index >= 15 is 0 Å². The van der Waals surface area contributed by atoms with Gasteiger partial charge in [-0.15, -0.1) is 0 Å². The van der Waals surface area contributed by atoms with E-state index in [-0.39, 0.29) is 11.9 Å². The van der Waals surface area contributed by atoms with E-state index in [0.29, 0.717) is 18.1 Å². The van der Waals surface area contributed by atoms with Gasteiger partial charge in [-0.25, -0.2) is 0 Å². The van der Waals surface area contributed by atoms with Crippen LogP contribution in [-0.4, -0.2) is 50.3 Å². The second-order valence-electron chi connectivity index (χ2n) is 5.38. The number of anilines is 1. The molecule has 1 amide bonds. The van der Waals surface area contributed by atoms with E-state index < -0.39 is 0 Å². The lowest BCUT2D eigenvalue weighted by molar-refractivity contribution is -0.117. The lowest BCUT2D eigenvalue weighted by Crippen LogP contribution is -2.41. The zero-order valence-electron chi connectivity index (χ0n) is 12.7. The van der Waals surface area contributed by atoms with Gasteiger partial charge < -0.3 is 9.84 Å². The molecule has 118 valence electrons. The molecular weight excluding hydrogens is 302 g/mol. The molecule has 0 spiro atoms. The van der Waals surface area contributed by atoms with Crippen molar-refractivity contribution in [2.24, 2.45) is 7.05 Å². The summed E-state index contributed by atoms with van der Waals surface area (Å²) >= 11 is 1.91. The zero-order valence-corrected chi connectivity index (χ0v) is 13.5. The highest BCUT2D eigenvalue weighted by molar-refractivity contribution is 7.99. The van der Waals surface area contributed by atoms with Crippen molar-refractivity contribution in [1.29, 1.82) is 0 Å². The Morgan fingerprint density at radius 2 is 2.45 bits per heavy atom. The van der Waals surface area contributed by atoms with E-state index in [1.54, 1.807) is 17.7 Å². The number of thioether (sulfide) groups is 1. The van der Waals surface area contributed by atoms with Crippen LogP contribution >= 0.6 is 11.8 Å². The Morgan fingerprint density at radius 3 is 3.14 bits per heavy atom.